The molecule has 3 aromatic rings. The van der Waals surface area contributed by atoms with E-state index in [1.54, 1.807) is 17.1 Å². The van der Waals surface area contributed by atoms with Crippen molar-refractivity contribution in [2.75, 3.05) is 11.9 Å². The van der Waals surface area contributed by atoms with Crippen LogP contribution in [0, 0.1) is 0 Å². The summed E-state index contributed by atoms with van der Waals surface area (Å²) >= 11 is 0. The van der Waals surface area contributed by atoms with Crippen LogP contribution in [0.15, 0.2) is 36.9 Å². The highest BCUT2D eigenvalue weighted by molar-refractivity contribution is 5.96. The van der Waals surface area contributed by atoms with Crippen molar-refractivity contribution in [3.05, 3.63) is 36.9 Å². The first-order chi connectivity index (χ1) is 11.7. The van der Waals surface area contributed by atoms with Crippen molar-refractivity contribution in [1.29, 1.82) is 0 Å². The highest BCUT2D eigenvalue weighted by Crippen LogP contribution is 2.23. The van der Waals surface area contributed by atoms with Crippen LogP contribution < -0.4 is 10.6 Å². The first-order valence-corrected chi connectivity index (χ1v) is 7.98. The van der Waals surface area contributed by atoms with Gasteiger partial charge in [-0.05, 0) is 31.5 Å². The number of anilines is 1. The third kappa shape index (κ3) is 2.85. The van der Waals surface area contributed by atoms with Crippen LogP contribution in [-0.4, -0.2) is 38.2 Å². The molecule has 1 amide bonds. The van der Waals surface area contributed by atoms with E-state index >= 15 is 0 Å². The molecule has 1 saturated heterocycles. The normalized spacial score (nSPS) is 17.3. The lowest BCUT2D eigenvalue weighted by Gasteiger charge is -2.11. The van der Waals surface area contributed by atoms with Gasteiger partial charge in [0.2, 0.25) is 5.91 Å². The van der Waals surface area contributed by atoms with Crippen LogP contribution in [-0.2, 0) is 11.8 Å². The Morgan fingerprint density at radius 1 is 1.25 bits per heavy atom. The second-order valence-corrected chi connectivity index (χ2v) is 6.03. The number of carbonyl (C=O) groups is 1. The molecule has 1 fully saturated rings. The largest absolute Gasteiger partial charge is 0.309 e. The molecule has 1 aliphatic rings. The molecule has 4 heterocycles. The molecule has 122 valence electrons. The number of pyridine rings is 2. The Balaban J connectivity index is 1.62. The van der Waals surface area contributed by atoms with Gasteiger partial charge in [0.15, 0.2) is 0 Å². The van der Waals surface area contributed by atoms with Gasteiger partial charge < -0.3 is 10.6 Å². The molecule has 24 heavy (non-hydrogen) atoms. The number of aryl methyl sites for hydroxylation is 1. The molecule has 0 bridgehead atoms. The van der Waals surface area contributed by atoms with E-state index in [9.17, 15) is 4.79 Å². The van der Waals surface area contributed by atoms with Crippen molar-refractivity contribution in [1.82, 2.24) is 25.1 Å². The van der Waals surface area contributed by atoms with Gasteiger partial charge in [0.1, 0.15) is 5.82 Å². The molecule has 7 nitrogen and oxygen atoms in total. The Kier molecular flexibility index (Phi) is 3.70. The van der Waals surface area contributed by atoms with Crippen LogP contribution in [0.25, 0.3) is 22.0 Å². The van der Waals surface area contributed by atoms with Crippen molar-refractivity contribution in [3.63, 3.8) is 0 Å². The number of hydrogen-bond acceptors (Lipinski definition) is 5. The van der Waals surface area contributed by atoms with E-state index in [1.807, 2.05) is 31.6 Å². The topological polar surface area (TPSA) is 84.7 Å². The summed E-state index contributed by atoms with van der Waals surface area (Å²) in [6.45, 7) is 0.891. The quantitative estimate of drug-likeness (QED) is 0.767. The molecular formula is C17H18N6O. The van der Waals surface area contributed by atoms with Gasteiger partial charge in [-0.3, -0.25) is 14.5 Å². The zero-order valence-corrected chi connectivity index (χ0v) is 13.4. The number of nitrogens with one attached hydrogen (secondary N) is 2. The average Bonchev–Trinajstić information content (AvgIpc) is 3.25. The number of amides is 1. The molecule has 0 aromatic carbocycles. The summed E-state index contributed by atoms with van der Waals surface area (Å²) < 4.78 is 1.76. The van der Waals surface area contributed by atoms with Crippen LogP contribution in [0.5, 0.6) is 0 Å². The van der Waals surface area contributed by atoms with Gasteiger partial charge >= 0.3 is 0 Å². The van der Waals surface area contributed by atoms with Gasteiger partial charge in [-0.2, -0.15) is 5.10 Å². The van der Waals surface area contributed by atoms with Gasteiger partial charge in [-0.1, -0.05) is 0 Å². The molecule has 3 aromatic heterocycles. The zero-order valence-electron chi connectivity index (χ0n) is 13.4. The summed E-state index contributed by atoms with van der Waals surface area (Å²) in [7, 11) is 1.88. The summed E-state index contributed by atoms with van der Waals surface area (Å²) in [6, 6.07) is 3.77. The Morgan fingerprint density at radius 2 is 2.17 bits per heavy atom. The lowest BCUT2D eigenvalue weighted by Crippen LogP contribution is -2.35. The van der Waals surface area contributed by atoms with E-state index in [1.165, 1.54) is 0 Å². The maximum atomic E-state index is 12.2. The molecule has 0 spiro atoms. The van der Waals surface area contributed by atoms with Crippen molar-refractivity contribution < 1.29 is 4.79 Å². The zero-order chi connectivity index (χ0) is 16.5. The summed E-state index contributed by atoms with van der Waals surface area (Å²) in [4.78, 5) is 20.9. The highest BCUT2D eigenvalue weighted by atomic mass is 16.2. The van der Waals surface area contributed by atoms with Gasteiger partial charge in [0, 0.05) is 36.0 Å². The average molecular weight is 322 g/mol. The maximum absolute atomic E-state index is 12.2. The first-order valence-electron chi connectivity index (χ1n) is 7.98. The minimum absolute atomic E-state index is 0.0317. The van der Waals surface area contributed by atoms with Crippen LogP contribution in [0.1, 0.15) is 12.8 Å². The lowest BCUT2D eigenvalue weighted by atomic mass is 10.1. The van der Waals surface area contributed by atoms with E-state index in [-0.39, 0.29) is 11.9 Å². The number of rotatable bonds is 3. The minimum atomic E-state index is -0.123. The summed E-state index contributed by atoms with van der Waals surface area (Å²) in [5.41, 5.74) is 2.78. The van der Waals surface area contributed by atoms with E-state index < -0.39 is 0 Å². The molecule has 7 heteroatoms. The van der Waals surface area contributed by atoms with Crippen LogP contribution in [0.4, 0.5) is 5.82 Å². The minimum Gasteiger partial charge on any atom is -0.309 e. The van der Waals surface area contributed by atoms with E-state index in [2.05, 4.69) is 25.7 Å². The van der Waals surface area contributed by atoms with Crippen LogP contribution >= 0.6 is 0 Å². The lowest BCUT2D eigenvalue weighted by molar-refractivity contribution is -0.117. The number of aromatic nitrogens is 4. The van der Waals surface area contributed by atoms with E-state index in [0.29, 0.717) is 5.82 Å². The molecular weight excluding hydrogens is 304 g/mol. The van der Waals surface area contributed by atoms with Gasteiger partial charge in [-0.15, -0.1) is 0 Å². The van der Waals surface area contributed by atoms with Crippen molar-refractivity contribution >= 4 is 22.6 Å². The predicted molar refractivity (Wildman–Crippen MR) is 91.4 cm³/mol. The first kappa shape index (κ1) is 14.8. The molecule has 0 saturated carbocycles. The van der Waals surface area contributed by atoms with Crippen molar-refractivity contribution in [2.24, 2.45) is 7.05 Å². The van der Waals surface area contributed by atoms with Crippen LogP contribution in [0.3, 0.4) is 0 Å². The Morgan fingerprint density at radius 3 is 2.92 bits per heavy atom. The fourth-order valence-electron chi connectivity index (χ4n) is 2.95. The monoisotopic (exact) mass is 322 g/mol. The summed E-state index contributed by atoms with van der Waals surface area (Å²) in [5, 5.41) is 11.2. The third-order valence-electron chi connectivity index (χ3n) is 4.23. The molecule has 1 aliphatic heterocycles. The number of nitrogens with zero attached hydrogens (tertiary/aromatic N) is 4. The van der Waals surface area contributed by atoms with Gasteiger partial charge in [0.05, 0.1) is 24.0 Å². The van der Waals surface area contributed by atoms with Gasteiger partial charge in [-0.25, -0.2) is 4.98 Å². The van der Waals surface area contributed by atoms with Crippen LogP contribution in [0.2, 0.25) is 0 Å². The molecule has 0 radical (unpaired) electrons. The Bertz CT molecular complexity index is 897. The summed E-state index contributed by atoms with van der Waals surface area (Å²) in [6.07, 6.45) is 9.13. The second-order valence-electron chi connectivity index (χ2n) is 6.03. The predicted octanol–water partition coefficient (Wildman–Crippen LogP) is 1.72. The maximum Gasteiger partial charge on any atom is 0.242 e. The molecule has 1 atom stereocenters. The highest BCUT2D eigenvalue weighted by Gasteiger charge is 2.22. The SMILES string of the molecule is Cn1cc(-c2cnc3cnc(NC(=O)[C@H]4CCCN4)cc3c2)cn1. The third-order valence-corrected chi connectivity index (χ3v) is 4.23. The smallest absolute Gasteiger partial charge is 0.242 e. The fraction of sp³-hybridized carbons (Fsp3) is 0.294. The number of hydrogen-bond donors (Lipinski definition) is 2. The van der Waals surface area contributed by atoms with Crippen molar-refractivity contribution in [2.45, 2.75) is 18.9 Å². The molecule has 0 unspecified atom stereocenters. The number of carbonyl (C=O) groups excluding carboxylic acids is 1. The van der Waals surface area contributed by atoms with Crippen molar-refractivity contribution in [3.8, 4) is 11.1 Å². The standard InChI is InChI=1S/C17H18N6O/c1-23-10-13(8-21-23)12-5-11-6-16(20-9-15(11)19-7-12)22-17(24)14-3-2-4-18-14/h5-10,14,18H,2-4H2,1H3,(H,20,22,24)/t14-/m1/s1. The molecule has 0 aliphatic carbocycles. The van der Waals surface area contributed by atoms with E-state index in [0.717, 1.165) is 41.4 Å². The Labute approximate surface area is 139 Å². The molecule has 4 rings (SSSR count). The fourth-order valence-corrected chi connectivity index (χ4v) is 2.95. The number of fused-ring (bicyclic) bond motifs is 1. The van der Waals surface area contributed by atoms with Gasteiger partial charge in [0.25, 0.3) is 0 Å². The molecule has 2 N–H and O–H groups in total. The summed E-state index contributed by atoms with van der Waals surface area (Å²) in [5.74, 6) is 0.516. The second kappa shape index (κ2) is 6.01. The Hall–Kier alpha value is -2.80. The van der Waals surface area contributed by atoms with E-state index in [4.69, 9.17) is 0 Å².